The van der Waals surface area contributed by atoms with Crippen molar-refractivity contribution in [2.24, 2.45) is 0 Å². The van der Waals surface area contributed by atoms with Crippen molar-refractivity contribution in [3.05, 3.63) is 87.9 Å². The number of alkyl halides is 3. The maximum atomic E-state index is 13.8. The van der Waals surface area contributed by atoms with Gasteiger partial charge in [0.15, 0.2) is 5.75 Å². The first-order valence-electron chi connectivity index (χ1n) is 17.6. The largest absolute Gasteiger partial charge is 0.534 e. The quantitative estimate of drug-likeness (QED) is 0.129. The molecule has 9 rings (SSSR count). The molecular weight excluding hydrogens is 761 g/mol. The fraction of sp³-hybridized carbons (Fsp3) is 0.302. The highest BCUT2D eigenvalue weighted by atomic mass is 79.9. The molecule has 0 radical (unpaired) electrons. The minimum absolute atomic E-state index is 0.0338. The van der Waals surface area contributed by atoms with Crippen molar-refractivity contribution in [2.45, 2.75) is 84.1 Å². The monoisotopic (exact) mass is 798 g/mol. The average molecular weight is 800 g/mol. The molecule has 53 heavy (non-hydrogen) atoms. The molecule has 5 nitrogen and oxygen atoms in total. The van der Waals surface area contributed by atoms with Crippen molar-refractivity contribution >= 4 is 102 Å². The van der Waals surface area contributed by atoms with Gasteiger partial charge in [-0.2, -0.15) is 21.6 Å². The number of hydrogen-bond acceptors (Lipinski definition) is 3. The minimum Gasteiger partial charge on any atom is -0.374 e. The minimum atomic E-state index is -5.97. The van der Waals surface area contributed by atoms with Gasteiger partial charge in [0.2, 0.25) is 0 Å². The standard InChI is InChI=1S/C43H38BrF3N2O3S/c1-40(2,3)21-10-12-32-24(14-21)27-16-23(42(7,8)9)17-28-25-19-35-26(20-34(25)48(32)37(27)28)29-18-31(44)39(52-53(50,51)43(45,46)47)36-30-15-22(41(4,5)6)11-13-33(30)49(35)38(29)36/h10-20H,1-9H3. The second kappa shape index (κ2) is 10.3. The van der Waals surface area contributed by atoms with Gasteiger partial charge < -0.3 is 13.0 Å². The maximum absolute atomic E-state index is 13.8. The van der Waals surface area contributed by atoms with Crippen LogP contribution in [-0.4, -0.2) is 22.7 Å². The topological polar surface area (TPSA) is 52.2 Å². The molecule has 4 aromatic heterocycles. The molecular formula is C43H38BrF3N2O3S. The highest BCUT2D eigenvalue weighted by molar-refractivity contribution is 9.10. The molecule has 9 aromatic rings. The number of nitrogens with zero attached hydrogens (tertiary/aromatic N) is 2. The van der Waals surface area contributed by atoms with Gasteiger partial charge in [-0.15, -0.1) is 0 Å². The second-order valence-electron chi connectivity index (χ2n) is 17.6. The third-order valence-electron chi connectivity index (χ3n) is 11.0. The normalized spacial score (nSPS) is 14.3. The Kier molecular flexibility index (Phi) is 6.68. The number of rotatable bonds is 2. The highest BCUT2D eigenvalue weighted by Crippen LogP contribution is 2.51. The molecule has 0 aliphatic carbocycles. The van der Waals surface area contributed by atoms with Gasteiger partial charge in [0, 0.05) is 37.7 Å². The summed E-state index contributed by atoms with van der Waals surface area (Å²) in [6.45, 7) is 19.5. The van der Waals surface area contributed by atoms with Crippen LogP contribution in [-0.2, 0) is 26.4 Å². The fourth-order valence-corrected chi connectivity index (χ4v) is 9.30. The molecule has 0 N–H and O–H groups in total. The van der Waals surface area contributed by atoms with Crippen molar-refractivity contribution in [3.8, 4) is 5.75 Å². The molecule has 0 saturated heterocycles. The predicted octanol–water partition coefficient (Wildman–Crippen LogP) is 12.9. The van der Waals surface area contributed by atoms with E-state index in [1.54, 1.807) is 6.07 Å². The van der Waals surface area contributed by atoms with Crippen molar-refractivity contribution in [3.63, 3.8) is 0 Å². The molecule has 0 saturated carbocycles. The lowest BCUT2D eigenvalue weighted by atomic mass is 9.84. The molecule has 0 amide bonds. The van der Waals surface area contributed by atoms with Gasteiger partial charge in [0.05, 0.1) is 43.0 Å². The van der Waals surface area contributed by atoms with E-state index in [1.807, 2.05) is 22.6 Å². The molecule has 4 heterocycles. The summed E-state index contributed by atoms with van der Waals surface area (Å²) in [5, 5.41) is 7.14. The van der Waals surface area contributed by atoms with Crippen LogP contribution in [0.1, 0.15) is 79.0 Å². The Hall–Kier alpha value is -4.28. The van der Waals surface area contributed by atoms with Crippen LogP contribution in [0, 0.1) is 0 Å². The Morgan fingerprint density at radius 3 is 1.43 bits per heavy atom. The lowest BCUT2D eigenvalue weighted by Crippen LogP contribution is -2.28. The van der Waals surface area contributed by atoms with Crippen LogP contribution in [0.15, 0.2) is 71.2 Å². The van der Waals surface area contributed by atoms with E-state index in [4.69, 9.17) is 4.18 Å². The van der Waals surface area contributed by atoms with Crippen LogP contribution in [0.4, 0.5) is 13.2 Å². The van der Waals surface area contributed by atoms with Gasteiger partial charge in [-0.05, 0) is 103 Å². The molecule has 5 aromatic carbocycles. The summed E-state index contributed by atoms with van der Waals surface area (Å²) < 4.78 is 75.9. The zero-order chi connectivity index (χ0) is 38.1. The van der Waals surface area contributed by atoms with Gasteiger partial charge in [-0.3, -0.25) is 0 Å². The summed E-state index contributed by atoms with van der Waals surface area (Å²) in [6, 6.07) is 23.4. The van der Waals surface area contributed by atoms with E-state index >= 15 is 0 Å². The summed E-state index contributed by atoms with van der Waals surface area (Å²) in [5.74, 6) is -0.385. The van der Waals surface area contributed by atoms with E-state index in [0.29, 0.717) is 16.3 Å². The molecule has 0 fully saturated rings. The summed E-state index contributed by atoms with van der Waals surface area (Å²) in [5.41, 5.74) is 2.86. The number of benzene rings is 5. The average Bonchev–Trinajstić information content (AvgIpc) is 3.74. The first-order chi connectivity index (χ1) is 24.5. The zero-order valence-corrected chi connectivity index (χ0v) is 33.3. The van der Waals surface area contributed by atoms with E-state index in [1.165, 1.54) is 21.9 Å². The van der Waals surface area contributed by atoms with Crippen LogP contribution in [0.3, 0.4) is 0 Å². The molecule has 0 aliphatic heterocycles. The second-order valence-corrected chi connectivity index (χ2v) is 20.0. The Labute approximate surface area is 313 Å². The SMILES string of the molecule is CC(C)(C)c1ccc2c(c1)c1cc(C(C)(C)C)cc3c4cc5c(cc4n2c13)c1cc(Br)c(OS(=O)(=O)C(F)(F)F)c2c3cc(C(C)(C)C)ccc3n5c12. The fourth-order valence-electron chi connectivity index (χ4n) is 8.20. The summed E-state index contributed by atoms with van der Waals surface area (Å²) in [6.07, 6.45) is 0. The lowest BCUT2D eigenvalue weighted by molar-refractivity contribution is -0.0499. The Morgan fingerprint density at radius 1 is 0.528 bits per heavy atom. The van der Waals surface area contributed by atoms with Crippen LogP contribution in [0.25, 0.3) is 76.2 Å². The first kappa shape index (κ1) is 34.5. The molecule has 0 unspecified atom stereocenters. The smallest absolute Gasteiger partial charge is 0.374 e. The predicted molar refractivity (Wildman–Crippen MR) is 215 cm³/mol. The van der Waals surface area contributed by atoms with E-state index in [-0.39, 0.29) is 26.5 Å². The molecule has 0 spiro atoms. The van der Waals surface area contributed by atoms with E-state index in [9.17, 15) is 21.6 Å². The highest BCUT2D eigenvalue weighted by Gasteiger charge is 2.49. The third kappa shape index (κ3) is 4.70. The van der Waals surface area contributed by atoms with Crippen molar-refractivity contribution in [2.75, 3.05) is 0 Å². The van der Waals surface area contributed by atoms with Crippen molar-refractivity contribution < 1.29 is 25.8 Å². The molecule has 0 atom stereocenters. The van der Waals surface area contributed by atoms with Gasteiger partial charge in [-0.25, -0.2) is 0 Å². The van der Waals surface area contributed by atoms with Crippen LogP contribution in [0.2, 0.25) is 0 Å². The van der Waals surface area contributed by atoms with Crippen molar-refractivity contribution in [1.29, 1.82) is 0 Å². The summed E-state index contributed by atoms with van der Waals surface area (Å²) in [4.78, 5) is 0. The molecule has 272 valence electrons. The zero-order valence-electron chi connectivity index (χ0n) is 30.9. The number of halogens is 4. The Balaban J connectivity index is 1.48. The Morgan fingerprint density at radius 2 is 0.943 bits per heavy atom. The van der Waals surface area contributed by atoms with Gasteiger partial charge in [-0.1, -0.05) is 74.4 Å². The van der Waals surface area contributed by atoms with Crippen molar-refractivity contribution in [1.82, 2.24) is 8.80 Å². The van der Waals surface area contributed by atoms with E-state index in [0.717, 1.165) is 54.7 Å². The van der Waals surface area contributed by atoms with Crippen LogP contribution in [0.5, 0.6) is 5.75 Å². The van der Waals surface area contributed by atoms with Crippen LogP contribution < -0.4 is 4.18 Å². The number of aromatic nitrogens is 2. The number of fused-ring (bicyclic) bond motifs is 12. The number of hydrogen-bond donors (Lipinski definition) is 0. The summed E-state index contributed by atoms with van der Waals surface area (Å²) in [7, 11) is -5.97. The first-order valence-corrected chi connectivity index (χ1v) is 19.8. The molecule has 10 heteroatoms. The maximum Gasteiger partial charge on any atom is 0.534 e. The van der Waals surface area contributed by atoms with E-state index < -0.39 is 15.6 Å². The molecule has 0 bridgehead atoms. The van der Waals surface area contributed by atoms with Gasteiger partial charge in [0.1, 0.15) is 0 Å². The third-order valence-corrected chi connectivity index (χ3v) is 12.6. The lowest BCUT2D eigenvalue weighted by Gasteiger charge is -2.20. The van der Waals surface area contributed by atoms with Gasteiger partial charge in [0.25, 0.3) is 0 Å². The molecule has 0 aliphatic rings. The van der Waals surface area contributed by atoms with Crippen LogP contribution >= 0.6 is 15.9 Å². The Bertz CT molecular complexity index is 3150. The van der Waals surface area contributed by atoms with Gasteiger partial charge >= 0.3 is 15.6 Å². The van der Waals surface area contributed by atoms with E-state index in [2.05, 4.69) is 125 Å². The summed E-state index contributed by atoms with van der Waals surface area (Å²) >= 11 is 3.45.